The highest BCUT2D eigenvalue weighted by Crippen LogP contribution is 2.38. The molecule has 2 rings (SSSR count). The Hall–Kier alpha value is -0.970. The number of methoxy groups -OCH3 is 1. The number of halogens is 2. The van der Waals surface area contributed by atoms with Crippen LogP contribution in [0, 0.1) is 5.41 Å². The van der Waals surface area contributed by atoms with Gasteiger partial charge in [-0.05, 0) is 31.0 Å². The predicted octanol–water partition coefficient (Wildman–Crippen LogP) is 3.23. The van der Waals surface area contributed by atoms with Gasteiger partial charge in [0.15, 0.2) is 0 Å². The minimum atomic E-state index is -0.410. The Labute approximate surface area is 130 Å². The van der Waals surface area contributed by atoms with Gasteiger partial charge in [0.1, 0.15) is 5.75 Å². The monoisotopic (exact) mass is 318 g/mol. The van der Waals surface area contributed by atoms with Crippen LogP contribution in [0.25, 0.3) is 0 Å². The van der Waals surface area contributed by atoms with Gasteiger partial charge in [-0.3, -0.25) is 4.79 Å². The van der Waals surface area contributed by atoms with Crippen LogP contribution >= 0.6 is 24.0 Å². The zero-order valence-electron chi connectivity index (χ0n) is 11.4. The molecule has 0 radical (unpaired) electrons. The number of nitrogens with two attached hydrogens (primary N) is 1. The van der Waals surface area contributed by atoms with E-state index in [0.29, 0.717) is 23.0 Å². The van der Waals surface area contributed by atoms with Gasteiger partial charge in [0.2, 0.25) is 5.91 Å². The molecule has 3 N–H and O–H groups in total. The Kier molecular flexibility index (Phi) is 6.11. The third kappa shape index (κ3) is 3.37. The third-order valence-electron chi connectivity index (χ3n) is 3.84. The second-order valence-electron chi connectivity index (χ2n) is 5.00. The molecule has 6 heteroatoms. The fourth-order valence-electron chi connectivity index (χ4n) is 2.58. The van der Waals surface area contributed by atoms with Crippen LogP contribution < -0.4 is 15.8 Å². The van der Waals surface area contributed by atoms with Gasteiger partial charge in [0, 0.05) is 12.2 Å². The molecule has 0 bridgehead atoms. The lowest BCUT2D eigenvalue weighted by molar-refractivity contribution is -0.124. The average Bonchev–Trinajstić information content (AvgIpc) is 2.89. The summed E-state index contributed by atoms with van der Waals surface area (Å²) in [6.07, 6.45) is 3.85. The normalized spacial score (nSPS) is 16.4. The van der Waals surface area contributed by atoms with Crippen molar-refractivity contribution in [1.82, 2.24) is 0 Å². The van der Waals surface area contributed by atoms with Crippen LogP contribution in [0.3, 0.4) is 0 Å². The summed E-state index contributed by atoms with van der Waals surface area (Å²) in [5.41, 5.74) is 6.06. The number of ether oxygens (including phenoxy) is 1. The lowest BCUT2D eigenvalue weighted by Gasteiger charge is -2.25. The van der Waals surface area contributed by atoms with E-state index in [1.165, 1.54) is 0 Å². The molecular weight excluding hydrogens is 299 g/mol. The lowest BCUT2D eigenvalue weighted by Crippen LogP contribution is -2.40. The SMILES string of the molecule is COc1ccc(NC(=O)C2(CN)CCCC2)cc1Cl.Cl. The van der Waals surface area contributed by atoms with Gasteiger partial charge in [-0.15, -0.1) is 12.4 Å². The first kappa shape index (κ1) is 17.1. The minimum Gasteiger partial charge on any atom is -0.495 e. The number of carbonyl (C=O) groups is 1. The molecule has 1 aromatic carbocycles. The van der Waals surface area contributed by atoms with E-state index >= 15 is 0 Å². The van der Waals surface area contributed by atoms with Crippen LogP contribution in [-0.2, 0) is 4.79 Å². The zero-order valence-corrected chi connectivity index (χ0v) is 13.0. The largest absolute Gasteiger partial charge is 0.495 e. The van der Waals surface area contributed by atoms with Crippen molar-refractivity contribution in [2.24, 2.45) is 11.1 Å². The van der Waals surface area contributed by atoms with Crippen molar-refractivity contribution in [2.75, 3.05) is 19.0 Å². The van der Waals surface area contributed by atoms with Crippen molar-refractivity contribution in [3.8, 4) is 5.75 Å². The molecule has 1 aliphatic rings. The number of carbonyl (C=O) groups excluding carboxylic acids is 1. The first-order valence-corrected chi connectivity index (χ1v) is 6.84. The number of hydrogen-bond donors (Lipinski definition) is 2. The van der Waals surface area contributed by atoms with Crippen molar-refractivity contribution in [3.63, 3.8) is 0 Å². The van der Waals surface area contributed by atoms with Crippen molar-refractivity contribution < 1.29 is 9.53 Å². The van der Waals surface area contributed by atoms with E-state index < -0.39 is 5.41 Å². The quantitative estimate of drug-likeness (QED) is 0.895. The van der Waals surface area contributed by atoms with Gasteiger partial charge < -0.3 is 15.8 Å². The summed E-state index contributed by atoms with van der Waals surface area (Å²) in [4.78, 5) is 12.4. The average molecular weight is 319 g/mol. The molecule has 1 aromatic rings. The second kappa shape index (κ2) is 7.16. The van der Waals surface area contributed by atoms with E-state index in [4.69, 9.17) is 22.1 Å². The van der Waals surface area contributed by atoms with Gasteiger partial charge in [-0.1, -0.05) is 24.4 Å². The number of anilines is 1. The molecule has 112 valence electrons. The summed E-state index contributed by atoms with van der Waals surface area (Å²) in [5, 5.41) is 3.39. The Morgan fingerprint density at radius 3 is 2.60 bits per heavy atom. The Balaban J connectivity index is 0.00000200. The van der Waals surface area contributed by atoms with E-state index in [0.717, 1.165) is 25.7 Å². The maximum absolute atomic E-state index is 12.4. The molecule has 0 aromatic heterocycles. The first-order chi connectivity index (χ1) is 9.11. The molecule has 0 heterocycles. The number of amides is 1. The van der Waals surface area contributed by atoms with Crippen LogP contribution in [0.15, 0.2) is 18.2 Å². The van der Waals surface area contributed by atoms with E-state index in [9.17, 15) is 4.79 Å². The highest BCUT2D eigenvalue weighted by molar-refractivity contribution is 6.32. The molecule has 1 fully saturated rings. The standard InChI is InChI=1S/C14H19ClN2O2.ClH/c1-19-12-5-4-10(8-11(12)15)17-13(18)14(9-16)6-2-3-7-14;/h4-5,8H,2-3,6-7,9,16H2,1H3,(H,17,18);1H. The Morgan fingerprint density at radius 2 is 2.10 bits per heavy atom. The van der Waals surface area contributed by atoms with E-state index in [2.05, 4.69) is 5.32 Å². The summed E-state index contributed by atoms with van der Waals surface area (Å²) in [5.74, 6) is 0.586. The van der Waals surface area contributed by atoms with Crippen LogP contribution in [0.1, 0.15) is 25.7 Å². The highest BCUT2D eigenvalue weighted by Gasteiger charge is 2.39. The number of hydrogen-bond acceptors (Lipinski definition) is 3. The fourth-order valence-corrected chi connectivity index (χ4v) is 2.84. The summed E-state index contributed by atoms with van der Waals surface area (Å²) in [7, 11) is 1.56. The molecule has 1 amide bonds. The molecule has 0 atom stereocenters. The van der Waals surface area contributed by atoms with Crippen molar-refractivity contribution in [2.45, 2.75) is 25.7 Å². The topological polar surface area (TPSA) is 64.3 Å². The van der Waals surface area contributed by atoms with Crippen LogP contribution in [0.4, 0.5) is 5.69 Å². The highest BCUT2D eigenvalue weighted by atomic mass is 35.5. The van der Waals surface area contributed by atoms with Gasteiger partial charge in [-0.2, -0.15) is 0 Å². The molecule has 1 saturated carbocycles. The van der Waals surface area contributed by atoms with E-state index in [1.807, 2.05) is 0 Å². The molecule has 0 spiro atoms. The second-order valence-corrected chi connectivity index (χ2v) is 5.40. The summed E-state index contributed by atoms with van der Waals surface area (Å²) < 4.78 is 5.08. The van der Waals surface area contributed by atoms with Gasteiger partial charge >= 0.3 is 0 Å². The molecule has 4 nitrogen and oxygen atoms in total. The van der Waals surface area contributed by atoms with Crippen molar-refractivity contribution >= 4 is 35.6 Å². The van der Waals surface area contributed by atoms with Crippen LogP contribution in [0.5, 0.6) is 5.75 Å². The van der Waals surface area contributed by atoms with Gasteiger partial charge in [-0.25, -0.2) is 0 Å². The third-order valence-corrected chi connectivity index (χ3v) is 4.14. The molecule has 0 unspecified atom stereocenters. The zero-order chi connectivity index (χ0) is 13.9. The van der Waals surface area contributed by atoms with Gasteiger partial charge in [0.05, 0.1) is 17.5 Å². The minimum absolute atomic E-state index is 0. The number of rotatable bonds is 4. The molecule has 1 aliphatic carbocycles. The Bertz CT molecular complexity index is 474. The fraction of sp³-hybridized carbons (Fsp3) is 0.500. The first-order valence-electron chi connectivity index (χ1n) is 6.46. The lowest BCUT2D eigenvalue weighted by atomic mass is 9.85. The summed E-state index contributed by atoms with van der Waals surface area (Å²) >= 11 is 6.04. The van der Waals surface area contributed by atoms with Crippen LogP contribution in [0.2, 0.25) is 5.02 Å². The Morgan fingerprint density at radius 1 is 1.45 bits per heavy atom. The smallest absolute Gasteiger partial charge is 0.231 e. The molecule has 20 heavy (non-hydrogen) atoms. The molecule has 0 aliphatic heterocycles. The maximum atomic E-state index is 12.4. The predicted molar refractivity (Wildman–Crippen MR) is 83.8 cm³/mol. The van der Waals surface area contributed by atoms with Gasteiger partial charge in [0.25, 0.3) is 0 Å². The molecular formula is C14H20Cl2N2O2. The van der Waals surface area contributed by atoms with Crippen molar-refractivity contribution in [1.29, 1.82) is 0 Å². The van der Waals surface area contributed by atoms with E-state index in [-0.39, 0.29) is 18.3 Å². The van der Waals surface area contributed by atoms with Crippen molar-refractivity contribution in [3.05, 3.63) is 23.2 Å². The summed E-state index contributed by atoms with van der Waals surface area (Å²) in [6.45, 7) is 0.392. The summed E-state index contributed by atoms with van der Waals surface area (Å²) in [6, 6.07) is 5.21. The van der Waals surface area contributed by atoms with Crippen LogP contribution in [-0.4, -0.2) is 19.6 Å². The number of benzene rings is 1. The molecule has 0 saturated heterocycles. The van der Waals surface area contributed by atoms with E-state index in [1.54, 1.807) is 25.3 Å². The number of nitrogens with one attached hydrogen (secondary N) is 1. The maximum Gasteiger partial charge on any atom is 0.231 e.